The van der Waals surface area contributed by atoms with Crippen molar-refractivity contribution >= 4 is 30.0 Å². The molecule has 31 heavy (non-hydrogen) atoms. The molecule has 1 aliphatic heterocycles. The van der Waals surface area contributed by atoms with E-state index >= 15 is 0 Å². The molecule has 0 bridgehead atoms. The Hall–Kier alpha value is -3.43. The number of aliphatic carboxylic acids is 1. The van der Waals surface area contributed by atoms with Gasteiger partial charge in [0, 0.05) is 13.0 Å². The highest BCUT2D eigenvalue weighted by Gasteiger charge is 2.29. The minimum Gasteiger partial charge on any atom is -0.508 e. The highest BCUT2D eigenvalue weighted by atomic mass is 16.4. The second kappa shape index (κ2) is 11.7. The average Bonchev–Trinajstić information content (AvgIpc) is 2.88. The van der Waals surface area contributed by atoms with Crippen LogP contribution in [0.5, 0.6) is 5.75 Å². The molecule has 4 N–H and O–H groups in total. The molecule has 2 atom stereocenters. The maximum atomic E-state index is 12.8. The van der Waals surface area contributed by atoms with Crippen molar-refractivity contribution in [1.29, 1.82) is 0 Å². The van der Waals surface area contributed by atoms with Crippen molar-refractivity contribution in [2.45, 2.75) is 50.6 Å². The lowest BCUT2D eigenvalue weighted by atomic mass is 10.1. The van der Waals surface area contributed by atoms with Crippen molar-refractivity contribution in [3.8, 4) is 5.75 Å². The first-order valence-electron chi connectivity index (χ1n) is 10.1. The number of carbonyl (C=O) groups excluding carboxylic acids is 4. The SMILES string of the molecule is O=C[C@H](CC(=O)O)NC(=O)CN1CCCC[C@H](NC(=O)CCc2ccc(O)cc2)C1=O. The van der Waals surface area contributed by atoms with Crippen molar-refractivity contribution in [3.05, 3.63) is 29.8 Å². The molecule has 10 nitrogen and oxygen atoms in total. The predicted molar refractivity (Wildman–Crippen MR) is 109 cm³/mol. The van der Waals surface area contributed by atoms with Gasteiger partial charge in [-0.3, -0.25) is 19.2 Å². The van der Waals surface area contributed by atoms with Crippen molar-refractivity contribution in [2.24, 2.45) is 0 Å². The predicted octanol–water partition coefficient (Wildman–Crippen LogP) is -0.0195. The number of aromatic hydroxyl groups is 1. The van der Waals surface area contributed by atoms with Gasteiger partial charge < -0.3 is 30.5 Å². The summed E-state index contributed by atoms with van der Waals surface area (Å²) in [5.74, 6) is -2.39. The highest BCUT2D eigenvalue weighted by molar-refractivity contribution is 5.91. The molecule has 0 aliphatic carbocycles. The van der Waals surface area contributed by atoms with Crippen LogP contribution < -0.4 is 10.6 Å². The summed E-state index contributed by atoms with van der Waals surface area (Å²) in [5, 5.41) is 23.1. The van der Waals surface area contributed by atoms with Crippen molar-refractivity contribution in [3.63, 3.8) is 0 Å². The molecule has 2 rings (SSSR count). The molecule has 1 fully saturated rings. The van der Waals surface area contributed by atoms with E-state index in [-0.39, 0.29) is 30.5 Å². The Morgan fingerprint density at radius 2 is 1.87 bits per heavy atom. The van der Waals surface area contributed by atoms with Gasteiger partial charge in [-0.15, -0.1) is 0 Å². The molecule has 1 aromatic carbocycles. The first-order chi connectivity index (χ1) is 14.8. The molecule has 1 aliphatic rings. The lowest BCUT2D eigenvalue weighted by Gasteiger charge is -2.25. The number of carbonyl (C=O) groups is 5. The second-order valence-electron chi connectivity index (χ2n) is 7.45. The zero-order valence-electron chi connectivity index (χ0n) is 17.1. The zero-order valence-corrected chi connectivity index (χ0v) is 17.1. The van der Waals surface area contributed by atoms with Crippen LogP contribution in [0.1, 0.15) is 37.7 Å². The summed E-state index contributed by atoms with van der Waals surface area (Å²) in [5.41, 5.74) is 0.879. The molecular weight excluding hydrogens is 406 g/mol. The number of carboxylic acids is 1. The minimum atomic E-state index is -1.22. The summed E-state index contributed by atoms with van der Waals surface area (Å²) in [6.45, 7) is 0.0134. The topological polar surface area (TPSA) is 153 Å². The maximum absolute atomic E-state index is 12.8. The fourth-order valence-electron chi connectivity index (χ4n) is 3.33. The normalized spacial score (nSPS) is 17.4. The van der Waals surface area contributed by atoms with E-state index in [1.807, 2.05) is 0 Å². The standard InChI is InChI=1S/C21H27N3O7/c25-13-15(11-20(29)30)22-19(28)12-24-10-2-1-3-17(21(24)31)23-18(27)9-6-14-4-7-16(26)8-5-14/h4-5,7-8,13,15,17,26H,1-3,6,9-12H2,(H,22,28)(H,23,27)(H,29,30)/t15-,17-/m0/s1. The number of hydrogen-bond acceptors (Lipinski definition) is 6. The number of phenols is 1. The number of rotatable bonds is 10. The van der Waals surface area contributed by atoms with Crippen molar-refractivity contribution < 1.29 is 34.2 Å². The molecular formula is C21H27N3O7. The first kappa shape index (κ1) is 23.8. The summed E-state index contributed by atoms with van der Waals surface area (Å²) in [7, 11) is 0. The van der Waals surface area contributed by atoms with Gasteiger partial charge in [0.05, 0.1) is 19.0 Å². The Balaban J connectivity index is 1.88. The average molecular weight is 433 g/mol. The van der Waals surface area contributed by atoms with E-state index < -0.39 is 30.4 Å². The fraction of sp³-hybridized carbons (Fsp3) is 0.476. The Labute approximate surface area is 179 Å². The minimum absolute atomic E-state index is 0.142. The van der Waals surface area contributed by atoms with Crippen LogP contribution in [-0.4, -0.2) is 70.3 Å². The third-order valence-corrected chi connectivity index (χ3v) is 4.93. The van der Waals surface area contributed by atoms with Gasteiger partial charge in [-0.05, 0) is 43.4 Å². The number of hydrogen-bond donors (Lipinski definition) is 4. The quantitative estimate of drug-likeness (QED) is 0.378. The van der Waals surface area contributed by atoms with Gasteiger partial charge in [0.2, 0.25) is 17.7 Å². The summed E-state index contributed by atoms with van der Waals surface area (Å²) >= 11 is 0. The van der Waals surface area contributed by atoms with E-state index in [1.54, 1.807) is 12.1 Å². The third-order valence-electron chi connectivity index (χ3n) is 4.93. The number of benzene rings is 1. The largest absolute Gasteiger partial charge is 0.508 e. The molecule has 0 aromatic heterocycles. The van der Waals surface area contributed by atoms with Crippen molar-refractivity contribution in [2.75, 3.05) is 13.1 Å². The number of nitrogens with zero attached hydrogens (tertiary/aromatic N) is 1. The maximum Gasteiger partial charge on any atom is 0.305 e. The van der Waals surface area contributed by atoms with E-state index in [9.17, 15) is 29.1 Å². The van der Waals surface area contributed by atoms with Gasteiger partial charge in [0.15, 0.2) is 0 Å². The van der Waals surface area contributed by atoms with E-state index in [0.29, 0.717) is 38.5 Å². The van der Waals surface area contributed by atoms with Gasteiger partial charge >= 0.3 is 5.97 Å². The van der Waals surface area contributed by atoms with Crippen LogP contribution in [0.3, 0.4) is 0 Å². The summed E-state index contributed by atoms with van der Waals surface area (Å²) < 4.78 is 0. The molecule has 0 radical (unpaired) electrons. The Morgan fingerprint density at radius 1 is 1.16 bits per heavy atom. The number of nitrogens with one attached hydrogen (secondary N) is 2. The number of aldehydes is 1. The van der Waals surface area contributed by atoms with Crippen LogP contribution in [0.25, 0.3) is 0 Å². The molecule has 1 aromatic rings. The summed E-state index contributed by atoms with van der Waals surface area (Å²) in [6.07, 6.45) is 2.24. The van der Waals surface area contributed by atoms with E-state index in [1.165, 1.54) is 17.0 Å². The summed E-state index contributed by atoms with van der Waals surface area (Å²) in [4.78, 5) is 60.2. The molecule has 10 heteroatoms. The van der Waals surface area contributed by atoms with Gasteiger partial charge in [0.1, 0.15) is 18.1 Å². The van der Waals surface area contributed by atoms with Gasteiger partial charge in [0.25, 0.3) is 0 Å². The van der Waals surface area contributed by atoms with E-state index in [4.69, 9.17) is 5.11 Å². The van der Waals surface area contributed by atoms with Crippen LogP contribution in [0.15, 0.2) is 24.3 Å². The van der Waals surface area contributed by atoms with Crippen molar-refractivity contribution in [1.82, 2.24) is 15.5 Å². The lowest BCUT2D eigenvalue weighted by molar-refractivity contribution is -0.140. The Morgan fingerprint density at radius 3 is 2.52 bits per heavy atom. The monoisotopic (exact) mass is 433 g/mol. The van der Waals surface area contributed by atoms with Gasteiger partial charge in [-0.25, -0.2) is 0 Å². The fourth-order valence-corrected chi connectivity index (χ4v) is 3.33. The molecule has 3 amide bonds. The number of carboxylic acid groups (broad SMARTS) is 1. The Bertz CT molecular complexity index is 810. The number of phenolic OH excluding ortho intramolecular Hbond substituents is 1. The van der Waals surface area contributed by atoms with Crippen LogP contribution in [0.4, 0.5) is 0 Å². The van der Waals surface area contributed by atoms with Crippen LogP contribution in [0.2, 0.25) is 0 Å². The van der Waals surface area contributed by atoms with Crippen LogP contribution in [0, 0.1) is 0 Å². The smallest absolute Gasteiger partial charge is 0.305 e. The molecule has 168 valence electrons. The lowest BCUT2D eigenvalue weighted by Crippen LogP contribution is -2.51. The number of aryl methyl sites for hydroxylation is 1. The number of likely N-dealkylation sites (tertiary alicyclic amines) is 1. The van der Waals surface area contributed by atoms with Crippen LogP contribution >= 0.6 is 0 Å². The molecule has 0 saturated carbocycles. The molecule has 1 saturated heterocycles. The second-order valence-corrected chi connectivity index (χ2v) is 7.45. The third kappa shape index (κ3) is 8.07. The zero-order chi connectivity index (χ0) is 22.8. The van der Waals surface area contributed by atoms with Gasteiger partial charge in [-0.2, -0.15) is 0 Å². The molecule has 0 spiro atoms. The Kier molecular flexibility index (Phi) is 8.98. The van der Waals surface area contributed by atoms with Crippen LogP contribution in [-0.2, 0) is 30.4 Å². The van der Waals surface area contributed by atoms with E-state index in [0.717, 1.165) is 5.56 Å². The molecule has 0 unspecified atom stereocenters. The first-order valence-corrected chi connectivity index (χ1v) is 10.1. The van der Waals surface area contributed by atoms with Gasteiger partial charge in [-0.1, -0.05) is 12.1 Å². The summed E-state index contributed by atoms with van der Waals surface area (Å²) in [6, 6.07) is 4.60. The van der Waals surface area contributed by atoms with E-state index in [2.05, 4.69) is 10.6 Å². The highest BCUT2D eigenvalue weighted by Crippen LogP contribution is 2.14. The molecule has 1 heterocycles. The number of amides is 3.